The number of carbonyl (C=O) groups is 1. The number of hydrogen-bond donors (Lipinski definition) is 1. The Bertz CT molecular complexity index is 1170. The van der Waals surface area contributed by atoms with Gasteiger partial charge in [0, 0.05) is 32.7 Å². The first-order valence-corrected chi connectivity index (χ1v) is 12.5. The third-order valence-corrected chi connectivity index (χ3v) is 8.74. The number of sulfonamides is 2. The van der Waals surface area contributed by atoms with Crippen molar-refractivity contribution in [2.75, 3.05) is 39.6 Å². The smallest absolute Gasteiger partial charge is 0.255 e. The van der Waals surface area contributed by atoms with E-state index >= 15 is 0 Å². The number of ether oxygens (including phenoxy) is 1. The van der Waals surface area contributed by atoms with Gasteiger partial charge < -0.3 is 10.1 Å². The van der Waals surface area contributed by atoms with Crippen LogP contribution in [0.3, 0.4) is 0 Å². The molecule has 11 heteroatoms. The molecule has 2 aromatic rings. The normalized spacial score (nSPS) is 15.2. The first-order chi connectivity index (χ1) is 14.6. The van der Waals surface area contributed by atoms with Crippen LogP contribution < -0.4 is 10.1 Å². The zero-order valence-electron chi connectivity index (χ0n) is 17.5. The first kappa shape index (κ1) is 23.2. The number of carbonyl (C=O) groups excluding carboxylic acids is 1. The first-order valence-electron chi connectivity index (χ1n) is 9.59. The van der Waals surface area contributed by atoms with Crippen molar-refractivity contribution in [2.24, 2.45) is 0 Å². The number of methoxy groups -OCH3 is 1. The lowest BCUT2D eigenvalue weighted by atomic mass is 10.2. The fourth-order valence-electron chi connectivity index (χ4n) is 3.21. The Labute approximate surface area is 182 Å². The summed E-state index contributed by atoms with van der Waals surface area (Å²) < 4.78 is 57.8. The van der Waals surface area contributed by atoms with E-state index in [0.29, 0.717) is 18.8 Å². The van der Waals surface area contributed by atoms with Gasteiger partial charge in [-0.15, -0.1) is 0 Å². The molecule has 0 unspecified atom stereocenters. The third kappa shape index (κ3) is 4.74. The molecule has 0 radical (unpaired) electrons. The quantitative estimate of drug-likeness (QED) is 0.666. The predicted molar refractivity (Wildman–Crippen MR) is 116 cm³/mol. The fraction of sp³-hybridized carbons (Fsp3) is 0.350. The molecule has 0 spiro atoms. The van der Waals surface area contributed by atoms with Crippen LogP contribution in [0.25, 0.3) is 0 Å². The summed E-state index contributed by atoms with van der Waals surface area (Å²) in [5, 5.41) is 2.64. The van der Waals surface area contributed by atoms with Crippen molar-refractivity contribution in [1.29, 1.82) is 0 Å². The minimum Gasteiger partial charge on any atom is -0.495 e. The summed E-state index contributed by atoms with van der Waals surface area (Å²) in [6, 6.07) is 9.80. The molecule has 1 aliphatic rings. The monoisotopic (exact) mass is 467 g/mol. The number of amides is 1. The van der Waals surface area contributed by atoms with Gasteiger partial charge in [0.05, 0.1) is 22.6 Å². The number of benzene rings is 2. The maximum Gasteiger partial charge on any atom is 0.255 e. The Kier molecular flexibility index (Phi) is 6.70. The van der Waals surface area contributed by atoms with E-state index in [-0.39, 0.29) is 21.0 Å². The van der Waals surface area contributed by atoms with Crippen LogP contribution in [0.1, 0.15) is 23.2 Å². The van der Waals surface area contributed by atoms with Gasteiger partial charge in [0.25, 0.3) is 5.91 Å². The van der Waals surface area contributed by atoms with Crippen molar-refractivity contribution in [2.45, 2.75) is 22.6 Å². The molecule has 9 nitrogen and oxygen atoms in total. The lowest BCUT2D eigenvalue weighted by molar-refractivity contribution is 0.102. The van der Waals surface area contributed by atoms with Crippen molar-refractivity contribution < 1.29 is 26.4 Å². The molecular weight excluding hydrogens is 442 g/mol. The number of hydrogen-bond acceptors (Lipinski definition) is 6. The summed E-state index contributed by atoms with van der Waals surface area (Å²) in [6.07, 6.45) is 1.67. The standard InChI is InChI=1S/C20H25N3O6S2/c1-22(2)30(25,26)17-10-11-19(29-3)18(14-17)21-20(24)15-6-8-16(9-7-15)31(27,28)23-12-4-5-13-23/h6-11,14H,4-5,12-13H2,1-3H3,(H,21,24). The molecule has 0 saturated carbocycles. The topological polar surface area (TPSA) is 113 Å². The molecule has 1 saturated heterocycles. The van der Waals surface area contributed by atoms with Gasteiger partial charge in [0.15, 0.2) is 0 Å². The Morgan fingerprint density at radius 2 is 1.55 bits per heavy atom. The molecule has 168 valence electrons. The van der Waals surface area contributed by atoms with Crippen molar-refractivity contribution in [3.05, 3.63) is 48.0 Å². The SMILES string of the molecule is COc1ccc(S(=O)(=O)N(C)C)cc1NC(=O)c1ccc(S(=O)(=O)N2CCCC2)cc1. The van der Waals surface area contributed by atoms with E-state index in [4.69, 9.17) is 4.74 Å². The largest absolute Gasteiger partial charge is 0.495 e. The van der Waals surface area contributed by atoms with Crippen LogP contribution >= 0.6 is 0 Å². The van der Waals surface area contributed by atoms with Crippen molar-refractivity contribution in [3.8, 4) is 5.75 Å². The minimum atomic E-state index is -3.70. The summed E-state index contributed by atoms with van der Waals surface area (Å²) >= 11 is 0. The lowest BCUT2D eigenvalue weighted by Gasteiger charge is -2.16. The Morgan fingerprint density at radius 1 is 0.968 bits per heavy atom. The second-order valence-electron chi connectivity index (χ2n) is 7.24. The summed E-state index contributed by atoms with van der Waals surface area (Å²) in [4.78, 5) is 12.8. The summed E-state index contributed by atoms with van der Waals surface area (Å²) in [7, 11) is -3.04. The molecule has 1 fully saturated rings. The molecule has 0 aliphatic carbocycles. The molecule has 3 rings (SSSR count). The Morgan fingerprint density at radius 3 is 2.10 bits per heavy atom. The minimum absolute atomic E-state index is 0.000606. The highest BCUT2D eigenvalue weighted by atomic mass is 32.2. The van der Waals surface area contributed by atoms with Crippen LogP contribution in [-0.4, -0.2) is 65.6 Å². The fourth-order valence-corrected chi connectivity index (χ4v) is 5.65. The second-order valence-corrected chi connectivity index (χ2v) is 11.3. The summed E-state index contributed by atoms with van der Waals surface area (Å²) in [6.45, 7) is 0.993. The van der Waals surface area contributed by atoms with E-state index in [1.807, 2.05) is 0 Å². The van der Waals surface area contributed by atoms with E-state index in [1.54, 1.807) is 0 Å². The van der Waals surface area contributed by atoms with Crippen molar-refractivity contribution in [3.63, 3.8) is 0 Å². The van der Waals surface area contributed by atoms with Gasteiger partial charge in [0.2, 0.25) is 20.0 Å². The molecule has 2 aromatic carbocycles. The third-order valence-electron chi connectivity index (χ3n) is 5.02. The van der Waals surface area contributed by atoms with E-state index in [2.05, 4.69) is 5.32 Å². The number of nitrogens with one attached hydrogen (secondary N) is 1. The van der Waals surface area contributed by atoms with E-state index in [0.717, 1.165) is 17.1 Å². The molecule has 31 heavy (non-hydrogen) atoms. The molecular formula is C20H25N3O6S2. The molecule has 1 N–H and O–H groups in total. The van der Waals surface area contributed by atoms with Gasteiger partial charge >= 0.3 is 0 Å². The Balaban J connectivity index is 1.84. The van der Waals surface area contributed by atoms with E-state index in [1.165, 1.54) is 68.0 Å². The lowest BCUT2D eigenvalue weighted by Crippen LogP contribution is -2.27. The molecule has 1 aliphatic heterocycles. The van der Waals surface area contributed by atoms with Crippen molar-refractivity contribution in [1.82, 2.24) is 8.61 Å². The van der Waals surface area contributed by atoms with Crippen LogP contribution in [0.2, 0.25) is 0 Å². The number of nitrogens with zero attached hydrogens (tertiary/aromatic N) is 2. The van der Waals surface area contributed by atoms with Gasteiger partial charge in [-0.05, 0) is 55.3 Å². The van der Waals surface area contributed by atoms with Gasteiger partial charge in [-0.1, -0.05) is 0 Å². The Hall–Kier alpha value is -2.47. The van der Waals surface area contributed by atoms with Crippen LogP contribution in [0.5, 0.6) is 5.75 Å². The average molecular weight is 468 g/mol. The average Bonchev–Trinajstić information content (AvgIpc) is 3.29. The maximum atomic E-state index is 12.7. The van der Waals surface area contributed by atoms with Crippen LogP contribution in [0, 0.1) is 0 Å². The molecule has 0 aromatic heterocycles. The second kappa shape index (κ2) is 8.95. The van der Waals surface area contributed by atoms with E-state index < -0.39 is 26.0 Å². The van der Waals surface area contributed by atoms with Gasteiger partial charge in [-0.3, -0.25) is 4.79 Å². The highest BCUT2D eigenvalue weighted by molar-refractivity contribution is 7.89. The van der Waals surface area contributed by atoms with Crippen LogP contribution in [0.15, 0.2) is 52.3 Å². The van der Waals surface area contributed by atoms with Crippen LogP contribution in [-0.2, 0) is 20.0 Å². The van der Waals surface area contributed by atoms with Gasteiger partial charge in [0.1, 0.15) is 5.75 Å². The zero-order chi connectivity index (χ0) is 22.8. The summed E-state index contributed by atoms with van der Waals surface area (Å²) in [5.41, 5.74) is 0.410. The maximum absolute atomic E-state index is 12.7. The molecule has 0 bridgehead atoms. The zero-order valence-corrected chi connectivity index (χ0v) is 19.2. The van der Waals surface area contributed by atoms with Crippen LogP contribution in [0.4, 0.5) is 5.69 Å². The molecule has 1 heterocycles. The highest BCUT2D eigenvalue weighted by Gasteiger charge is 2.27. The highest BCUT2D eigenvalue weighted by Crippen LogP contribution is 2.29. The molecule has 1 amide bonds. The van der Waals surface area contributed by atoms with Gasteiger partial charge in [-0.25, -0.2) is 21.1 Å². The van der Waals surface area contributed by atoms with E-state index in [9.17, 15) is 21.6 Å². The number of rotatable bonds is 7. The van der Waals surface area contributed by atoms with Gasteiger partial charge in [-0.2, -0.15) is 4.31 Å². The predicted octanol–water partition coefficient (Wildman–Crippen LogP) is 1.98. The van der Waals surface area contributed by atoms with Crippen molar-refractivity contribution >= 4 is 31.6 Å². The summed E-state index contributed by atoms with van der Waals surface area (Å²) in [5.74, 6) is -0.234. The number of anilines is 1. The molecule has 0 atom stereocenters.